The lowest BCUT2D eigenvalue weighted by Gasteiger charge is -2.50. The minimum Gasteiger partial charge on any atom is -0.0622 e. The molecule has 0 spiro atoms. The van der Waals surface area contributed by atoms with Crippen LogP contribution in [-0.4, -0.2) is 26.2 Å². The van der Waals surface area contributed by atoms with Crippen molar-refractivity contribution in [3.05, 3.63) is 35.9 Å². The van der Waals surface area contributed by atoms with Crippen LogP contribution in [0.1, 0.15) is 102 Å². The molecule has 0 nitrogen and oxygen atoms in total. The van der Waals surface area contributed by atoms with Gasteiger partial charge in [-0.3, -0.25) is 0 Å². The van der Waals surface area contributed by atoms with E-state index in [1.807, 2.05) is 0 Å². The summed E-state index contributed by atoms with van der Waals surface area (Å²) < 4.78 is 0. The summed E-state index contributed by atoms with van der Waals surface area (Å²) >= 11 is 0. The van der Waals surface area contributed by atoms with E-state index in [1.54, 1.807) is 82.6 Å². The van der Waals surface area contributed by atoms with Crippen molar-refractivity contribution in [2.75, 3.05) is 0 Å². The van der Waals surface area contributed by atoms with Crippen molar-refractivity contribution in [3.63, 3.8) is 0 Å². The fourth-order valence-electron chi connectivity index (χ4n) is 7.09. The third-order valence-corrected chi connectivity index (χ3v) is 23.2. The Hall–Kier alpha value is -0.133. The van der Waals surface area contributed by atoms with Gasteiger partial charge in [0.1, 0.15) is 0 Å². The monoisotopic (exact) mass is 401 g/mol. The molecule has 0 saturated heterocycles. The molecule has 0 N–H and O–H groups in total. The molecular formula is C25H42PSi+. The van der Waals surface area contributed by atoms with Crippen molar-refractivity contribution in [1.29, 1.82) is 0 Å². The second-order valence-electron chi connectivity index (χ2n) is 9.83. The zero-order valence-electron chi connectivity index (χ0n) is 17.6. The second kappa shape index (κ2) is 10.1. The minimum atomic E-state index is -0.749. The van der Waals surface area contributed by atoms with Gasteiger partial charge in [-0.25, -0.2) is 0 Å². The Bertz CT molecular complexity index is 493. The van der Waals surface area contributed by atoms with Crippen LogP contribution in [0.25, 0.3) is 0 Å². The van der Waals surface area contributed by atoms with Crippen LogP contribution in [0.5, 0.6) is 0 Å². The van der Waals surface area contributed by atoms with Crippen molar-refractivity contribution in [3.8, 4) is 0 Å². The van der Waals surface area contributed by atoms with E-state index >= 15 is 0 Å². The van der Waals surface area contributed by atoms with Crippen LogP contribution in [0.3, 0.4) is 0 Å². The summed E-state index contributed by atoms with van der Waals surface area (Å²) in [6.07, 6.45) is 23.7. The maximum Gasteiger partial charge on any atom is 0.205 e. The van der Waals surface area contributed by atoms with Gasteiger partial charge in [-0.2, -0.15) is 0 Å². The quantitative estimate of drug-likeness (QED) is 0.347. The Kier molecular flexibility index (Phi) is 7.51. The van der Waals surface area contributed by atoms with Gasteiger partial charge in [0.25, 0.3) is 0 Å². The predicted molar refractivity (Wildman–Crippen MR) is 126 cm³/mol. The zero-order valence-corrected chi connectivity index (χ0v) is 19.9. The average Bonchev–Trinajstić information content (AvgIpc) is 2.77. The molecule has 2 heteroatoms. The molecule has 27 heavy (non-hydrogen) atoms. The molecule has 3 aliphatic carbocycles. The van der Waals surface area contributed by atoms with Gasteiger partial charge < -0.3 is 0 Å². The standard InChI is InChI=1S/C25H42PSi/c1-5-13-22(14-6-1)21-27-26(23-15-7-2-8-16-23,24-17-9-3-10-18-24)25-19-11-4-12-20-25/h1,5-6,13-14,23-25H,2-4,7-12,15-21,27H2/q+1. The molecule has 1 aromatic rings. The van der Waals surface area contributed by atoms with Crippen molar-refractivity contribution >= 4 is 16.0 Å². The summed E-state index contributed by atoms with van der Waals surface area (Å²) in [5, 5.41) is 0. The van der Waals surface area contributed by atoms with Crippen molar-refractivity contribution in [2.45, 2.75) is 119 Å². The minimum absolute atomic E-state index is 0.00327. The molecule has 0 bridgehead atoms. The lowest BCUT2D eigenvalue weighted by atomic mass is 9.99. The molecule has 0 aromatic heterocycles. The highest BCUT2D eigenvalue weighted by Gasteiger charge is 2.55. The third kappa shape index (κ3) is 4.72. The first-order valence-corrected chi connectivity index (χ1v) is 17.4. The van der Waals surface area contributed by atoms with Crippen molar-refractivity contribution in [1.82, 2.24) is 0 Å². The van der Waals surface area contributed by atoms with E-state index in [-0.39, 0.29) is 9.19 Å². The van der Waals surface area contributed by atoms with E-state index in [2.05, 4.69) is 30.3 Å². The van der Waals surface area contributed by atoms with Gasteiger partial charge in [0.2, 0.25) is 9.19 Å². The Labute approximate surface area is 171 Å². The van der Waals surface area contributed by atoms with Crippen LogP contribution < -0.4 is 0 Å². The predicted octanol–water partition coefficient (Wildman–Crippen LogP) is 7.29. The van der Waals surface area contributed by atoms with Gasteiger partial charge in [-0.1, -0.05) is 49.6 Å². The van der Waals surface area contributed by atoms with E-state index in [0.29, 0.717) is 0 Å². The first kappa shape index (κ1) is 20.2. The smallest absolute Gasteiger partial charge is 0.0622 e. The first-order valence-electron chi connectivity index (χ1n) is 12.3. The SMILES string of the molecule is c1ccc(C[SiH2][P+](C2CCCCC2)(C2CCCCC2)C2CCCCC2)cc1. The van der Waals surface area contributed by atoms with Gasteiger partial charge in [0, 0.05) is 0 Å². The Morgan fingerprint density at radius 3 is 1.41 bits per heavy atom. The molecule has 0 atom stereocenters. The molecule has 3 fully saturated rings. The molecule has 0 aliphatic heterocycles. The van der Waals surface area contributed by atoms with Crippen molar-refractivity contribution < 1.29 is 0 Å². The first-order chi connectivity index (χ1) is 13.4. The van der Waals surface area contributed by atoms with Gasteiger partial charge in [-0.05, 0) is 95.5 Å². The number of hydrogen-bond donors (Lipinski definition) is 0. The van der Waals surface area contributed by atoms with Crippen LogP contribution in [0.4, 0.5) is 0 Å². The van der Waals surface area contributed by atoms with Gasteiger partial charge in [0.15, 0.2) is 0 Å². The average molecular weight is 402 g/mol. The van der Waals surface area contributed by atoms with Crippen molar-refractivity contribution in [2.24, 2.45) is 0 Å². The van der Waals surface area contributed by atoms with E-state index < -0.39 is 6.81 Å². The van der Waals surface area contributed by atoms with Crippen LogP contribution in [0.2, 0.25) is 0 Å². The summed E-state index contributed by atoms with van der Waals surface area (Å²) in [5.41, 5.74) is 5.28. The van der Waals surface area contributed by atoms with Gasteiger partial charge in [-0.15, -0.1) is 0 Å². The highest BCUT2D eigenvalue weighted by atomic mass is 31.4. The number of benzene rings is 1. The van der Waals surface area contributed by atoms with Crippen LogP contribution >= 0.6 is 6.81 Å². The van der Waals surface area contributed by atoms with Crippen LogP contribution in [-0.2, 0) is 6.04 Å². The highest BCUT2D eigenvalue weighted by Crippen LogP contribution is 2.76. The summed E-state index contributed by atoms with van der Waals surface area (Å²) in [5.74, 6) is 0. The Morgan fingerprint density at radius 1 is 0.593 bits per heavy atom. The second-order valence-corrected chi connectivity index (χ2v) is 19.6. The fraction of sp³-hybridized carbons (Fsp3) is 0.760. The van der Waals surface area contributed by atoms with Crippen LogP contribution in [0, 0.1) is 0 Å². The topological polar surface area (TPSA) is 0 Å². The molecule has 0 radical (unpaired) electrons. The maximum atomic E-state index is 2.43. The summed E-state index contributed by atoms with van der Waals surface area (Å²) in [6, 6.07) is 13.2. The maximum absolute atomic E-state index is 2.43. The number of rotatable bonds is 6. The molecule has 0 amide bonds. The van der Waals surface area contributed by atoms with E-state index in [4.69, 9.17) is 0 Å². The summed E-state index contributed by atoms with van der Waals surface area (Å²) in [7, 11) is -0.00327. The largest absolute Gasteiger partial charge is 0.205 e. The van der Waals surface area contributed by atoms with E-state index in [9.17, 15) is 0 Å². The lowest BCUT2D eigenvalue weighted by Crippen LogP contribution is -2.39. The lowest BCUT2D eigenvalue weighted by molar-refractivity contribution is 0.457. The van der Waals surface area contributed by atoms with Crippen LogP contribution in [0.15, 0.2) is 30.3 Å². The number of hydrogen-bond acceptors (Lipinski definition) is 0. The molecule has 3 saturated carbocycles. The molecule has 0 unspecified atom stereocenters. The molecular weight excluding hydrogens is 359 g/mol. The Morgan fingerprint density at radius 2 is 1.00 bits per heavy atom. The highest BCUT2D eigenvalue weighted by molar-refractivity contribution is 8.02. The molecule has 3 aliphatic rings. The van der Waals surface area contributed by atoms with E-state index in [0.717, 1.165) is 0 Å². The normalized spacial score (nSPS) is 24.6. The van der Waals surface area contributed by atoms with E-state index in [1.165, 1.54) is 42.3 Å². The fourth-order valence-corrected chi connectivity index (χ4v) is 23.4. The summed E-state index contributed by atoms with van der Waals surface area (Å²) in [4.78, 5) is 0. The molecule has 1 aromatic carbocycles. The summed E-state index contributed by atoms with van der Waals surface area (Å²) in [6.45, 7) is -0.749. The third-order valence-electron chi connectivity index (χ3n) is 8.39. The van der Waals surface area contributed by atoms with Gasteiger partial charge >= 0.3 is 0 Å². The molecule has 4 rings (SSSR count). The molecule has 0 heterocycles. The zero-order chi connectivity index (χ0) is 18.4. The van der Waals surface area contributed by atoms with Gasteiger partial charge in [0.05, 0.1) is 17.0 Å². The Balaban J connectivity index is 1.64. The molecule has 150 valence electrons.